The number of anilines is 1. The number of nitrogens with two attached hydrogens (primary N) is 1. The van der Waals surface area contributed by atoms with Crippen molar-refractivity contribution in [2.45, 2.75) is 13.0 Å². The number of benzene rings is 1. The van der Waals surface area contributed by atoms with Crippen LogP contribution in [0, 0.1) is 0 Å². The summed E-state index contributed by atoms with van der Waals surface area (Å²) in [6.07, 6.45) is 0. The average molecular weight is 281 g/mol. The van der Waals surface area contributed by atoms with Crippen LogP contribution >= 0.6 is 24.8 Å². The maximum Gasteiger partial charge on any atom is 0.335 e. The second kappa shape index (κ2) is 8.17. The molecule has 0 fully saturated rings. The number of nitrogens with zero attached hydrogens (tertiary/aromatic N) is 1. The fraction of sp³-hybridized carbons (Fsp3) is 0.364. The summed E-state index contributed by atoms with van der Waals surface area (Å²) in [5.41, 5.74) is 6.71. The summed E-state index contributed by atoms with van der Waals surface area (Å²) < 4.78 is 0. The Bertz CT molecular complexity index is 361. The number of hydrogen-bond donors (Lipinski definition) is 2. The largest absolute Gasteiger partial charge is 0.478 e. The van der Waals surface area contributed by atoms with Crippen LogP contribution in [0.4, 0.5) is 5.69 Å². The van der Waals surface area contributed by atoms with E-state index in [1.807, 2.05) is 24.9 Å². The third-order valence-corrected chi connectivity index (χ3v) is 2.50. The van der Waals surface area contributed by atoms with Gasteiger partial charge < -0.3 is 15.7 Å². The molecular weight excluding hydrogens is 263 g/mol. The predicted octanol–water partition coefficient (Wildman–Crippen LogP) is 2.01. The number of halogens is 2. The zero-order chi connectivity index (χ0) is 11.4. The van der Waals surface area contributed by atoms with Crippen LogP contribution in [-0.2, 0) is 0 Å². The monoisotopic (exact) mass is 280 g/mol. The molecule has 0 aliphatic carbocycles. The lowest BCUT2D eigenvalue weighted by Gasteiger charge is -2.25. The molecule has 0 bridgehead atoms. The van der Waals surface area contributed by atoms with Crippen LogP contribution in [0.3, 0.4) is 0 Å². The molecular formula is C11H18Cl2N2O2. The molecule has 4 nitrogen and oxygen atoms in total. The number of carboxylic acid groups (broad SMARTS) is 1. The summed E-state index contributed by atoms with van der Waals surface area (Å²) in [6.45, 7) is 2.53. The zero-order valence-electron chi connectivity index (χ0n) is 9.79. The molecule has 0 aliphatic rings. The maximum absolute atomic E-state index is 10.8. The van der Waals surface area contributed by atoms with E-state index in [-0.39, 0.29) is 30.9 Å². The van der Waals surface area contributed by atoms with Gasteiger partial charge in [0.15, 0.2) is 0 Å². The minimum atomic E-state index is -0.911. The van der Waals surface area contributed by atoms with Crippen LogP contribution in [-0.4, -0.2) is 30.7 Å². The smallest absolute Gasteiger partial charge is 0.335 e. The Hall–Kier alpha value is -0.970. The van der Waals surface area contributed by atoms with Gasteiger partial charge in [0, 0.05) is 25.3 Å². The quantitative estimate of drug-likeness (QED) is 0.886. The van der Waals surface area contributed by atoms with E-state index in [2.05, 4.69) is 0 Å². The molecule has 1 aromatic carbocycles. The Balaban J connectivity index is 0. The molecule has 1 unspecified atom stereocenters. The highest BCUT2D eigenvalue weighted by Gasteiger charge is 2.10. The summed E-state index contributed by atoms with van der Waals surface area (Å²) >= 11 is 0. The standard InChI is InChI=1S/C11H16N2O2.2ClH/c1-8(7-12)13(2)10-5-3-4-9(6-10)11(14)15;;/h3-6,8H,7,12H2,1-2H3,(H,14,15);2*1H. The lowest BCUT2D eigenvalue weighted by molar-refractivity contribution is 0.0697. The molecule has 17 heavy (non-hydrogen) atoms. The van der Waals surface area contributed by atoms with Crippen molar-refractivity contribution in [1.29, 1.82) is 0 Å². The van der Waals surface area contributed by atoms with Gasteiger partial charge in [0.05, 0.1) is 5.56 Å². The van der Waals surface area contributed by atoms with Crippen LogP contribution in [0.1, 0.15) is 17.3 Å². The molecule has 0 spiro atoms. The molecule has 0 saturated heterocycles. The van der Waals surface area contributed by atoms with Gasteiger partial charge in [0.2, 0.25) is 0 Å². The molecule has 0 aromatic heterocycles. The molecule has 1 rings (SSSR count). The van der Waals surface area contributed by atoms with Crippen molar-refractivity contribution in [3.05, 3.63) is 29.8 Å². The van der Waals surface area contributed by atoms with Crippen LogP contribution < -0.4 is 10.6 Å². The van der Waals surface area contributed by atoms with Gasteiger partial charge in [-0.1, -0.05) is 6.07 Å². The SMILES string of the molecule is CC(CN)N(C)c1cccc(C(=O)O)c1.Cl.Cl. The van der Waals surface area contributed by atoms with Crippen molar-refractivity contribution in [3.63, 3.8) is 0 Å². The van der Waals surface area contributed by atoms with Crippen molar-refractivity contribution in [3.8, 4) is 0 Å². The molecule has 3 N–H and O–H groups in total. The van der Waals surface area contributed by atoms with Crippen molar-refractivity contribution in [2.75, 3.05) is 18.5 Å². The minimum absolute atomic E-state index is 0. The summed E-state index contributed by atoms with van der Waals surface area (Å²) in [6, 6.07) is 7.02. The highest BCUT2D eigenvalue weighted by molar-refractivity contribution is 5.88. The first kappa shape index (κ1) is 18.4. The Labute approximate surface area is 114 Å². The first-order valence-corrected chi connectivity index (χ1v) is 4.82. The third kappa shape index (κ3) is 4.81. The second-order valence-electron chi connectivity index (χ2n) is 3.55. The lowest BCUT2D eigenvalue weighted by Crippen LogP contribution is -2.35. The van der Waals surface area contributed by atoms with Gasteiger partial charge in [-0.15, -0.1) is 24.8 Å². The van der Waals surface area contributed by atoms with Crippen LogP contribution in [0.2, 0.25) is 0 Å². The molecule has 0 amide bonds. The molecule has 0 saturated carbocycles. The predicted molar refractivity (Wildman–Crippen MR) is 74.8 cm³/mol. The molecule has 0 radical (unpaired) electrons. The van der Waals surface area contributed by atoms with E-state index in [1.54, 1.807) is 18.2 Å². The summed E-state index contributed by atoms with van der Waals surface area (Å²) in [4.78, 5) is 12.7. The van der Waals surface area contributed by atoms with Crippen molar-refractivity contribution in [1.82, 2.24) is 0 Å². The number of aromatic carboxylic acids is 1. The molecule has 0 aliphatic heterocycles. The van der Waals surface area contributed by atoms with Crippen LogP contribution in [0.25, 0.3) is 0 Å². The van der Waals surface area contributed by atoms with E-state index in [9.17, 15) is 4.79 Å². The number of rotatable bonds is 4. The highest BCUT2D eigenvalue weighted by Crippen LogP contribution is 2.16. The summed E-state index contributed by atoms with van der Waals surface area (Å²) in [5.74, 6) is -0.911. The normalized spacial score (nSPS) is 10.8. The summed E-state index contributed by atoms with van der Waals surface area (Å²) in [7, 11) is 1.90. The van der Waals surface area contributed by atoms with Gasteiger partial charge in [-0.3, -0.25) is 0 Å². The summed E-state index contributed by atoms with van der Waals surface area (Å²) in [5, 5.41) is 8.84. The van der Waals surface area contributed by atoms with Crippen molar-refractivity contribution in [2.24, 2.45) is 5.73 Å². The molecule has 0 heterocycles. The fourth-order valence-corrected chi connectivity index (χ4v) is 1.27. The van der Waals surface area contributed by atoms with Gasteiger partial charge in [-0.25, -0.2) is 4.79 Å². The Morgan fingerprint density at radius 3 is 2.53 bits per heavy atom. The Kier molecular flexibility index (Phi) is 8.84. The van der Waals surface area contributed by atoms with E-state index in [0.29, 0.717) is 12.1 Å². The van der Waals surface area contributed by atoms with Gasteiger partial charge in [-0.2, -0.15) is 0 Å². The van der Waals surface area contributed by atoms with E-state index < -0.39 is 5.97 Å². The van der Waals surface area contributed by atoms with Gasteiger partial charge in [0.1, 0.15) is 0 Å². The van der Waals surface area contributed by atoms with Crippen LogP contribution in [0.5, 0.6) is 0 Å². The number of carboxylic acids is 1. The number of carbonyl (C=O) groups is 1. The van der Waals surface area contributed by atoms with E-state index in [1.165, 1.54) is 0 Å². The molecule has 98 valence electrons. The van der Waals surface area contributed by atoms with Gasteiger partial charge in [-0.05, 0) is 25.1 Å². The van der Waals surface area contributed by atoms with E-state index >= 15 is 0 Å². The lowest BCUT2D eigenvalue weighted by atomic mass is 10.1. The van der Waals surface area contributed by atoms with E-state index in [4.69, 9.17) is 10.8 Å². The first-order chi connectivity index (χ1) is 7.06. The number of hydrogen-bond acceptors (Lipinski definition) is 3. The van der Waals surface area contributed by atoms with Gasteiger partial charge >= 0.3 is 5.97 Å². The number of likely N-dealkylation sites (N-methyl/N-ethyl adjacent to an activating group) is 1. The third-order valence-electron chi connectivity index (χ3n) is 2.50. The highest BCUT2D eigenvalue weighted by atomic mass is 35.5. The second-order valence-corrected chi connectivity index (χ2v) is 3.55. The van der Waals surface area contributed by atoms with Crippen molar-refractivity contribution >= 4 is 36.5 Å². The Morgan fingerprint density at radius 1 is 1.47 bits per heavy atom. The molecule has 6 heteroatoms. The molecule has 1 atom stereocenters. The average Bonchev–Trinajstić information content (AvgIpc) is 2.27. The van der Waals surface area contributed by atoms with E-state index in [0.717, 1.165) is 5.69 Å². The van der Waals surface area contributed by atoms with Crippen molar-refractivity contribution < 1.29 is 9.90 Å². The fourth-order valence-electron chi connectivity index (χ4n) is 1.27. The van der Waals surface area contributed by atoms with Gasteiger partial charge in [0.25, 0.3) is 0 Å². The topological polar surface area (TPSA) is 66.6 Å². The first-order valence-electron chi connectivity index (χ1n) is 4.82. The molecule has 1 aromatic rings. The maximum atomic E-state index is 10.8. The van der Waals surface area contributed by atoms with Crippen LogP contribution in [0.15, 0.2) is 24.3 Å². The minimum Gasteiger partial charge on any atom is -0.478 e. The zero-order valence-corrected chi connectivity index (χ0v) is 11.4. The Morgan fingerprint density at radius 2 is 2.06 bits per heavy atom.